The van der Waals surface area contributed by atoms with Crippen molar-refractivity contribution in [1.82, 2.24) is 9.62 Å². The molecule has 0 unspecified atom stereocenters. The fourth-order valence-electron chi connectivity index (χ4n) is 3.17. The highest BCUT2D eigenvalue weighted by atomic mass is 32.2. The monoisotopic (exact) mass is 392 g/mol. The molecule has 0 aliphatic carbocycles. The van der Waals surface area contributed by atoms with Crippen molar-refractivity contribution in [1.29, 1.82) is 0 Å². The van der Waals surface area contributed by atoms with Crippen molar-refractivity contribution in [2.24, 2.45) is 0 Å². The maximum absolute atomic E-state index is 12.6. The van der Waals surface area contributed by atoms with Gasteiger partial charge in [-0.25, -0.2) is 8.42 Å². The lowest BCUT2D eigenvalue weighted by molar-refractivity contribution is 0.0950. The minimum absolute atomic E-state index is 0.100. The number of amides is 1. The van der Waals surface area contributed by atoms with Gasteiger partial charge in [0.25, 0.3) is 5.91 Å². The molecule has 1 N–H and O–H groups in total. The molecule has 0 bridgehead atoms. The van der Waals surface area contributed by atoms with Gasteiger partial charge in [0, 0.05) is 29.4 Å². The van der Waals surface area contributed by atoms with E-state index in [0.29, 0.717) is 30.1 Å². The Balaban J connectivity index is 1.64. The van der Waals surface area contributed by atoms with Crippen LogP contribution in [-0.2, 0) is 16.6 Å². The Bertz CT molecular complexity index is 880. The largest absolute Gasteiger partial charge is 0.348 e. The number of carbonyl (C=O) groups is 1. The molecule has 140 valence electrons. The van der Waals surface area contributed by atoms with E-state index in [9.17, 15) is 13.2 Å². The molecular formula is C19H24N2O3S2. The zero-order valence-electron chi connectivity index (χ0n) is 15.1. The Morgan fingerprint density at radius 3 is 2.35 bits per heavy atom. The molecule has 1 saturated heterocycles. The molecule has 7 heteroatoms. The number of nitrogens with one attached hydrogen (secondary N) is 1. The average molecular weight is 393 g/mol. The Kier molecular flexibility index (Phi) is 5.79. The summed E-state index contributed by atoms with van der Waals surface area (Å²) in [5.41, 5.74) is 1.58. The maximum Gasteiger partial charge on any atom is 0.252 e. The van der Waals surface area contributed by atoms with E-state index >= 15 is 0 Å². The Labute approximate surface area is 159 Å². The van der Waals surface area contributed by atoms with Gasteiger partial charge in [-0.3, -0.25) is 4.79 Å². The molecule has 26 heavy (non-hydrogen) atoms. The minimum Gasteiger partial charge on any atom is -0.348 e. The van der Waals surface area contributed by atoms with Crippen LogP contribution in [0, 0.1) is 13.8 Å². The molecule has 0 radical (unpaired) electrons. The number of rotatable bonds is 5. The van der Waals surface area contributed by atoms with Gasteiger partial charge in [-0.2, -0.15) is 4.31 Å². The number of aryl methyl sites for hydroxylation is 2. The van der Waals surface area contributed by atoms with Crippen molar-refractivity contribution in [3.05, 3.63) is 51.2 Å². The number of piperidine rings is 1. The first-order chi connectivity index (χ1) is 12.4. The summed E-state index contributed by atoms with van der Waals surface area (Å²) in [6.45, 7) is 5.49. The number of nitrogens with zero attached hydrogens (tertiary/aromatic N) is 1. The van der Waals surface area contributed by atoms with E-state index in [-0.39, 0.29) is 5.91 Å². The van der Waals surface area contributed by atoms with Crippen molar-refractivity contribution in [3.63, 3.8) is 0 Å². The van der Waals surface area contributed by atoms with Crippen LogP contribution in [-0.4, -0.2) is 31.7 Å². The summed E-state index contributed by atoms with van der Waals surface area (Å²) in [6, 6.07) is 8.69. The third-order valence-electron chi connectivity index (χ3n) is 4.61. The third kappa shape index (κ3) is 4.16. The van der Waals surface area contributed by atoms with Crippen LogP contribution in [0.2, 0.25) is 0 Å². The average Bonchev–Trinajstić information content (AvgIpc) is 2.99. The van der Waals surface area contributed by atoms with Gasteiger partial charge in [-0.05, 0) is 50.5 Å². The molecule has 1 amide bonds. The van der Waals surface area contributed by atoms with Crippen molar-refractivity contribution in [2.75, 3.05) is 13.1 Å². The number of hydrogen-bond donors (Lipinski definition) is 1. The normalized spacial score (nSPS) is 15.8. The highest BCUT2D eigenvalue weighted by Gasteiger charge is 2.25. The highest BCUT2D eigenvalue weighted by molar-refractivity contribution is 7.89. The Morgan fingerprint density at radius 2 is 1.77 bits per heavy atom. The smallest absolute Gasteiger partial charge is 0.252 e. The van der Waals surface area contributed by atoms with E-state index in [1.807, 2.05) is 19.9 Å². The molecule has 1 aliphatic rings. The lowest BCUT2D eigenvalue weighted by Gasteiger charge is -2.25. The fraction of sp³-hybridized carbons (Fsp3) is 0.421. The predicted octanol–water partition coefficient (Wildman–Crippen LogP) is 3.47. The predicted molar refractivity (Wildman–Crippen MR) is 104 cm³/mol. The second-order valence-corrected chi connectivity index (χ2v) is 10.0. The molecule has 1 aliphatic heterocycles. The number of sulfonamides is 1. The molecule has 5 nitrogen and oxygen atoms in total. The third-order valence-corrected chi connectivity index (χ3v) is 7.49. The Hall–Kier alpha value is -1.70. The van der Waals surface area contributed by atoms with E-state index in [1.54, 1.807) is 39.9 Å². The quantitative estimate of drug-likeness (QED) is 0.847. The van der Waals surface area contributed by atoms with E-state index in [1.165, 1.54) is 0 Å². The minimum atomic E-state index is -3.41. The lowest BCUT2D eigenvalue weighted by atomic mass is 10.2. The summed E-state index contributed by atoms with van der Waals surface area (Å²) in [6.07, 6.45) is 2.93. The first kappa shape index (κ1) is 19.1. The first-order valence-corrected chi connectivity index (χ1v) is 11.1. The van der Waals surface area contributed by atoms with Gasteiger partial charge < -0.3 is 5.32 Å². The van der Waals surface area contributed by atoms with Crippen LogP contribution >= 0.6 is 11.3 Å². The van der Waals surface area contributed by atoms with Gasteiger partial charge >= 0.3 is 0 Å². The molecule has 1 aromatic carbocycles. The van der Waals surface area contributed by atoms with Crippen molar-refractivity contribution in [3.8, 4) is 0 Å². The second-order valence-electron chi connectivity index (χ2n) is 6.62. The van der Waals surface area contributed by atoms with Crippen LogP contribution in [0.15, 0.2) is 35.2 Å². The molecule has 0 saturated carbocycles. The standard InChI is InChI=1S/C19H24N2O3S2/c1-14-12-18(15(2)25-14)19(22)20-13-16-6-8-17(9-7-16)26(23,24)21-10-4-3-5-11-21/h6-9,12H,3-5,10-11,13H2,1-2H3,(H,20,22). The van der Waals surface area contributed by atoms with Gasteiger partial charge in [0.2, 0.25) is 10.0 Å². The van der Waals surface area contributed by atoms with E-state index in [2.05, 4.69) is 5.32 Å². The highest BCUT2D eigenvalue weighted by Crippen LogP contribution is 2.22. The van der Waals surface area contributed by atoms with Crippen molar-refractivity contribution in [2.45, 2.75) is 44.6 Å². The molecule has 2 heterocycles. The lowest BCUT2D eigenvalue weighted by Crippen LogP contribution is -2.35. The van der Waals surface area contributed by atoms with Crippen LogP contribution in [0.1, 0.15) is 44.9 Å². The van der Waals surface area contributed by atoms with Gasteiger partial charge in [-0.15, -0.1) is 11.3 Å². The molecule has 0 spiro atoms. The van der Waals surface area contributed by atoms with Gasteiger partial charge in [-0.1, -0.05) is 18.6 Å². The summed E-state index contributed by atoms with van der Waals surface area (Å²) in [4.78, 5) is 14.7. The van der Waals surface area contributed by atoms with Crippen molar-refractivity contribution < 1.29 is 13.2 Å². The summed E-state index contributed by atoms with van der Waals surface area (Å²) >= 11 is 1.61. The van der Waals surface area contributed by atoms with Crippen molar-refractivity contribution >= 4 is 27.3 Å². The van der Waals surface area contributed by atoms with E-state index in [4.69, 9.17) is 0 Å². The van der Waals surface area contributed by atoms with Gasteiger partial charge in [0.15, 0.2) is 0 Å². The zero-order chi connectivity index (χ0) is 18.7. The van der Waals surface area contributed by atoms with Crippen LogP contribution in [0.25, 0.3) is 0 Å². The molecule has 2 aromatic rings. The van der Waals surface area contributed by atoms with E-state index in [0.717, 1.165) is 34.6 Å². The number of thiophene rings is 1. The molecule has 3 rings (SSSR count). The molecule has 0 atom stereocenters. The van der Waals surface area contributed by atoms with Gasteiger partial charge in [0.1, 0.15) is 0 Å². The fourth-order valence-corrected chi connectivity index (χ4v) is 5.61. The molecular weight excluding hydrogens is 368 g/mol. The second kappa shape index (κ2) is 7.90. The van der Waals surface area contributed by atoms with E-state index < -0.39 is 10.0 Å². The first-order valence-electron chi connectivity index (χ1n) is 8.82. The van der Waals surface area contributed by atoms with Crippen LogP contribution in [0.3, 0.4) is 0 Å². The van der Waals surface area contributed by atoms with Gasteiger partial charge in [0.05, 0.1) is 10.5 Å². The molecule has 1 aromatic heterocycles. The maximum atomic E-state index is 12.6. The van der Waals surface area contributed by atoms with Crippen LogP contribution < -0.4 is 5.32 Å². The summed E-state index contributed by atoms with van der Waals surface area (Å²) in [5, 5.41) is 2.90. The summed E-state index contributed by atoms with van der Waals surface area (Å²) < 4.78 is 26.9. The SMILES string of the molecule is Cc1cc(C(=O)NCc2ccc(S(=O)(=O)N3CCCCC3)cc2)c(C)s1. The number of hydrogen-bond acceptors (Lipinski definition) is 4. The van der Waals surface area contributed by atoms with Crippen LogP contribution in [0.5, 0.6) is 0 Å². The zero-order valence-corrected chi connectivity index (χ0v) is 16.8. The molecule has 1 fully saturated rings. The topological polar surface area (TPSA) is 66.5 Å². The van der Waals surface area contributed by atoms with Crippen LogP contribution in [0.4, 0.5) is 0 Å². The number of benzene rings is 1. The summed E-state index contributed by atoms with van der Waals surface area (Å²) in [7, 11) is -3.41. The summed E-state index contributed by atoms with van der Waals surface area (Å²) in [5.74, 6) is -0.100. The Morgan fingerprint density at radius 1 is 1.12 bits per heavy atom. The number of carbonyl (C=O) groups excluding carboxylic acids is 1.